The van der Waals surface area contributed by atoms with E-state index in [0.29, 0.717) is 11.1 Å². The van der Waals surface area contributed by atoms with Gasteiger partial charge in [0.05, 0.1) is 19.6 Å². The van der Waals surface area contributed by atoms with E-state index in [9.17, 15) is 43.3 Å². The molecular weight excluding hydrogens is 926 g/mol. The minimum absolute atomic E-state index is 0. The maximum atomic E-state index is 12.3. The number of nitrogens with one attached hydrogen (secondary N) is 4. The number of hydrogen-bond acceptors (Lipinski definition) is 14. The average Bonchev–Trinajstić information content (AvgIpc) is 3.19. The maximum Gasteiger partial charge on any atom is 2.00 e. The number of rotatable bonds is 12. The van der Waals surface area contributed by atoms with Crippen LogP contribution in [-0.2, 0) is 59.6 Å². The van der Waals surface area contributed by atoms with E-state index < -0.39 is 52.2 Å². The number of aryl methyl sites for hydroxylation is 2. The van der Waals surface area contributed by atoms with Gasteiger partial charge in [-0.15, -0.1) is 0 Å². The summed E-state index contributed by atoms with van der Waals surface area (Å²) in [4.78, 5) is 38.8. The molecule has 6 rings (SSSR count). The molecule has 0 saturated carbocycles. The summed E-state index contributed by atoms with van der Waals surface area (Å²) in [5.41, 5.74) is 1.33. The minimum atomic E-state index is -4.06. The number of anilines is 2. The van der Waals surface area contributed by atoms with Crippen LogP contribution in [0, 0.1) is 13.8 Å². The Balaban J connectivity index is 0.000000264. The molecule has 2 aromatic heterocycles. The van der Waals surface area contributed by atoms with Gasteiger partial charge in [-0.25, -0.2) is 52.7 Å². The fourth-order valence-electron chi connectivity index (χ4n) is 4.80. The number of amides is 4. The second-order valence-electron chi connectivity index (χ2n) is 11.9. The van der Waals surface area contributed by atoms with E-state index in [-0.39, 0.29) is 62.3 Å². The molecule has 61 heavy (non-hydrogen) atoms. The van der Waals surface area contributed by atoms with Crippen LogP contribution >= 0.6 is 0 Å². The van der Waals surface area contributed by atoms with Gasteiger partial charge < -0.3 is 30.6 Å². The average molecular weight is 958 g/mol. The Labute approximate surface area is 364 Å². The van der Waals surface area contributed by atoms with E-state index in [2.05, 4.69) is 40.0 Å². The van der Waals surface area contributed by atoms with Gasteiger partial charge in [-0.3, -0.25) is 9.44 Å². The van der Waals surface area contributed by atoms with Crippen molar-refractivity contribution < 1.29 is 62.7 Å². The molecule has 4 N–H and O–H groups in total. The van der Waals surface area contributed by atoms with Crippen molar-refractivity contribution in [1.29, 1.82) is 0 Å². The van der Waals surface area contributed by atoms with Crippen molar-refractivity contribution in [2.75, 3.05) is 10.6 Å². The Morgan fingerprint density at radius 1 is 0.459 bits per heavy atom. The summed E-state index contributed by atoms with van der Waals surface area (Å²) in [5, 5.41) is 4.67. The standard InChI is InChI=1S/2C18H17N5O5S2.Zn/c2*1-13-5-2-3-6-16(13)30(27,28)23-18(24)21-14-7-9-15(10-8-14)29(25,26)22-17-19-11-4-12-20-17;/h2*2-12H,1H3,(H3,19,20,21,22,23,24);/q;;+2/p-2. The molecule has 0 unspecified atom stereocenters. The van der Waals surface area contributed by atoms with Crippen LogP contribution in [0.25, 0.3) is 9.44 Å². The first kappa shape index (κ1) is 47.3. The third kappa shape index (κ3) is 13.3. The van der Waals surface area contributed by atoms with Crippen molar-refractivity contribution in [1.82, 2.24) is 29.4 Å². The van der Waals surface area contributed by atoms with Crippen LogP contribution in [0.5, 0.6) is 0 Å². The van der Waals surface area contributed by atoms with Gasteiger partial charge in [0.15, 0.2) is 0 Å². The third-order valence-corrected chi connectivity index (χ3v) is 13.1. The van der Waals surface area contributed by atoms with Gasteiger partial charge >= 0.3 is 31.5 Å². The van der Waals surface area contributed by atoms with E-state index in [4.69, 9.17) is 0 Å². The molecule has 2 heterocycles. The van der Waals surface area contributed by atoms with Gasteiger partial charge in [0.1, 0.15) is 0 Å². The Bertz CT molecular complexity index is 2730. The largest absolute Gasteiger partial charge is 2.00 e. The molecule has 0 bridgehead atoms. The molecule has 312 valence electrons. The normalized spacial score (nSPS) is 11.3. The zero-order valence-electron chi connectivity index (χ0n) is 31.8. The van der Waals surface area contributed by atoms with Crippen LogP contribution in [-0.4, -0.2) is 65.7 Å². The molecule has 4 amide bonds. The first-order valence-corrected chi connectivity index (χ1v) is 22.7. The van der Waals surface area contributed by atoms with Crippen molar-refractivity contribution in [2.45, 2.75) is 33.4 Å². The number of carbonyl (C=O) groups excluding carboxylic acids is 2. The van der Waals surface area contributed by atoms with Crippen LogP contribution in [0.1, 0.15) is 11.1 Å². The SMILES string of the molecule is Cc1ccccc1S(=O)(=O)NC(=O)Nc1ccc(S(=O)(=O)[N-]c2ncccn2)cc1.Cc1ccccc1S(=O)(=O)NC(=O)Nc1ccc(S(=O)(=O)[N-]c2ncccn2)cc1.[Zn+2]. The molecule has 0 atom stereocenters. The monoisotopic (exact) mass is 956 g/mol. The Morgan fingerprint density at radius 3 is 1.08 bits per heavy atom. The fraction of sp³-hybridized carbons (Fsp3) is 0.0556. The van der Waals surface area contributed by atoms with Gasteiger partial charge in [0.2, 0.25) is 20.0 Å². The Kier molecular flexibility index (Phi) is 15.7. The quantitative estimate of drug-likeness (QED) is 0.112. The van der Waals surface area contributed by atoms with Crippen molar-refractivity contribution in [3.05, 3.63) is 155 Å². The number of carbonyl (C=O) groups is 2. The summed E-state index contributed by atoms with van der Waals surface area (Å²) in [5.74, 6) is -0.416. The van der Waals surface area contributed by atoms with Crippen molar-refractivity contribution in [3.8, 4) is 0 Å². The van der Waals surface area contributed by atoms with Crippen LogP contribution in [0.3, 0.4) is 0 Å². The molecule has 0 aliphatic heterocycles. The molecule has 6 aromatic rings. The van der Waals surface area contributed by atoms with Crippen LogP contribution in [0.15, 0.2) is 154 Å². The summed E-state index contributed by atoms with van der Waals surface area (Å²) in [6.07, 6.45) is 5.44. The van der Waals surface area contributed by atoms with Crippen molar-refractivity contribution >= 4 is 75.4 Å². The van der Waals surface area contributed by atoms with Crippen molar-refractivity contribution in [3.63, 3.8) is 0 Å². The van der Waals surface area contributed by atoms with E-state index in [1.165, 1.54) is 97.6 Å². The summed E-state index contributed by atoms with van der Waals surface area (Å²) >= 11 is 0. The zero-order chi connectivity index (χ0) is 43.6. The molecule has 0 fully saturated rings. The summed E-state index contributed by atoms with van der Waals surface area (Å²) in [6, 6.07) is 23.6. The minimum Gasteiger partial charge on any atom is -0.366 e. The molecule has 25 heteroatoms. The molecule has 4 aromatic carbocycles. The van der Waals surface area contributed by atoms with Crippen molar-refractivity contribution in [2.24, 2.45) is 0 Å². The van der Waals surface area contributed by atoms with E-state index in [1.54, 1.807) is 50.2 Å². The van der Waals surface area contributed by atoms with Gasteiger partial charge in [0.25, 0.3) is 20.0 Å². The predicted octanol–water partition coefficient (Wildman–Crippen LogP) is 5.38. The van der Waals surface area contributed by atoms with Gasteiger partial charge in [-0.1, -0.05) is 48.5 Å². The zero-order valence-corrected chi connectivity index (χ0v) is 38.0. The first-order valence-electron chi connectivity index (χ1n) is 16.8. The topological polar surface area (TPSA) is 299 Å². The molecule has 0 saturated heterocycles. The summed E-state index contributed by atoms with van der Waals surface area (Å²) in [7, 11) is -16.2. The molecule has 0 aliphatic carbocycles. The molecule has 0 spiro atoms. The van der Waals surface area contributed by atoms with Crippen LogP contribution in [0.4, 0.5) is 32.9 Å². The molecule has 0 radical (unpaired) electrons. The summed E-state index contributed by atoms with van der Waals surface area (Å²) < 4.78 is 109. The number of aromatic nitrogens is 4. The van der Waals surface area contributed by atoms with Gasteiger partial charge in [0, 0.05) is 23.3 Å². The number of nitrogens with zero attached hydrogens (tertiary/aromatic N) is 6. The van der Waals surface area contributed by atoms with E-state index in [0.717, 1.165) is 0 Å². The predicted molar refractivity (Wildman–Crippen MR) is 218 cm³/mol. The molecule has 20 nitrogen and oxygen atoms in total. The van der Waals surface area contributed by atoms with Crippen LogP contribution in [0.2, 0.25) is 0 Å². The number of hydrogen-bond donors (Lipinski definition) is 4. The Morgan fingerprint density at radius 2 is 0.770 bits per heavy atom. The number of urea groups is 2. The van der Waals surface area contributed by atoms with E-state index in [1.807, 2.05) is 9.44 Å². The third-order valence-electron chi connectivity index (χ3n) is 7.55. The first-order chi connectivity index (χ1) is 28.3. The second kappa shape index (κ2) is 20.2. The fourth-order valence-corrected chi connectivity index (χ4v) is 8.90. The van der Waals surface area contributed by atoms with Gasteiger partial charge in [-0.2, -0.15) is 0 Å². The number of sulfonamides is 4. The van der Waals surface area contributed by atoms with Crippen LogP contribution < -0.4 is 20.1 Å². The smallest absolute Gasteiger partial charge is 0.366 e. The van der Waals surface area contributed by atoms with Gasteiger partial charge in [-0.05, 0) is 110 Å². The van der Waals surface area contributed by atoms with E-state index >= 15 is 0 Å². The summed E-state index contributed by atoms with van der Waals surface area (Å²) in [6.45, 7) is 3.22. The Hall–Kier alpha value is -6.40. The number of benzene rings is 4. The maximum absolute atomic E-state index is 12.3. The second-order valence-corrected chi connectivity index (χ2v) is 18.4. The molecule has 0 aliphatic rings. The molecular formula is C36H32N10O10S4Zn.